The van der Waals surface area contributed by atoms with Crippen LogP contribution in [-0.2, 0) is 11.3 Å². The van der Waals surface area contributed by atoms with Crippen LogP contribution >= 0.6 is 0 Å². The van der Waals surface area contributed by atoms with Gasteiger partial charge in [-0.05, 0) is 55.1 Å². The van der Waals surface area contributed by atoms with Crippen LogP contribution in [0.4, 0.5) is 10.5 Å². The highest BCUT2D eigenvalue weighted by molar-refractivity contribution is 5.94. The molecule has 0 aliphatic carbocycles. The Kier molecular flexibility index (Phi) is 10.8. The lowest BCUT2D eigenvalue weighted by molar-refractivity contribution is 0.0735. The molecule has 0 bridgehead atoms. The zero-order valence-corrected chi connectivity index (χ0v) is 25.5. The molecule has 2 aliphatic heterocycles. The minimum atomic E-state index is -0.435. The number of likely N-dealkylation sites (N-methyl/N-ethyl adjacent to an activating group) is 2. The summed E-state index contributed by atoms with van der Waals surface area (Å²) in [5, 5.41) is 3.74. The minimum Gasteiger partial charge on any atom is -0.446 e. The Labute approximate surface area is 256 Å². The number of anilines is 1. The minimum absolute atomic E-state index is 0.0861. The average molecular weight is 583 g/mol. The second kappa shape index (κ2) is 15.1. The van der Waals surface area contributed by atoms with Gasteiger partial charge in [0.25, 0.3) is 5.91 Å². The average Bonchev–Trinajstić information content (AvgIpc) is 3.06. The number of piperazine rings is 1. The second-order valence-electron chi connectivity index (χ2n) is 11.3. The van der Waals surface area contributed by atoms with Gasteiger partial charge in [0.1, 0.15) is 6.61 Å². The summed E-state index contributed by atoms with van der Waals surface area (Å²) in [6.45, 7) is 10.5. The number of carbonyl (C=O) groups is 2. The Morgan fingerprint density at radius 3 is 2.14 bits per heavy atom. The van der Waals surface area contributed by atoms with Crippen molar-refractivity contribution in [3.05, 3.63) is 96.4 Å². The van der Waals surface area contributed by atoms with Crippen LogP contribution in [0, 0.1) is 6.42 Å². The fraction of sp³-hybridized carbons (Fsp3) is 0.400. The summed E-state index contributed by atoms with van der Waals surface area (Å²) < 4.78 is 5.81. The van der Waals surface area contributed by atoms with E-state index >= 15 is 0 Å². The first-order valence-electron chi connectivity index (χ1n) is 15.5. The van der Waals surface area contributed by atoms with Crippen molar-refractivity contribution in [2.24, 2.45) is 0 Å². The maximum absolute atomic E-state index is 13.6. The normalized spacial score (nSPS) is 16.5. The Bertz CT molecular complexity index is 1320. The van der Waals surface area contributed by atoms with Gasteiger partial charge in [-0.2, -0.15) is 0 Å². The third-order valence-electron chi connectivity index (χ3n) is 8.37. The lowest BCUT2D eigenvalue weighted by Gasteiger charge is -2.37. The molecule has 8 nitrogen and oxygen atoms in total. The summed E-state index contributed by atoms with van der Waals surface area (Å²) in [4.78, 5) is 33.3. The van der Waals surface area contributed by atoms with Gasteiger partial charge in [0.05, 0.1) is 12.2 Å². The molecule has 227 valence electrons. The van der Waals surface area contributed by atoms with Crippen LogP contribution in [-0.4, -0.2) is 97.7 Å². The number of rotatable bonds is 10. The topological polar surface area (TPSA) is 59.6 Å². The molecule has 43 heavy (non-hydrogen) atoms. The molecule has 0 spiro atoms. The molecular weight excluding hydrogens is 538 g/mol. The van der Waals surface area contributed by atoms with Crippen LogP contribution < -0.4 is 5.01 Å². The summed E-state index contributed by atoms with van der Waals surface area (Å²) in [5.74, 6) is -0.0861. The Morgan fingerprint density at radius 1 is 0.791 bits per heavy atom. The number of para-hydroxylation sites is 1. The van der Waals surface area contributed by atoms with Crippen LogP contribution in [0.3, 0.4) is 0 Å². The summed E-state index contributed by atoms with van der Waals surface area (Å²) in [5.41, 5.74) is 4.64. The maximum Gasteiger partial charge on any atom is 0.429 e. The maximum atomic E-state index is 13.6. The highest BCUT2D eigenvalue weighted by atomic mass is 16.6. The number of amides is 2. The molecule has 2 aliphatic rings. The Hall–Kier alpha value is -3.72. The number of hydrogen-bond acceptors (Lipinski definition) is 6. The highest BCUT2D eigenvalue weighted by Gasteiger charge is 2.28. The van der Waals surface area contributed by atoms with Gasteiger partial charge in [-0.3, -0.25) is 9.69 Å². The van der Waals surface area contributed by atoms with Gasteiger partial charge in [0.15, 0.2) is 0 Å². The predicted octanol–water partition coefficient (Wildman–Crippen LogP) is 5.42. The largest absolute Gasteiger partial charge is 0.446 e. The van der Waals surface area contributed by atoms with Crippen LogP contribution in [0.25, 0.3) is 11.1 Å². The van der Waals surface area contributed by atoms with E-state index in [0.29, 0.717) is 12.1 Å². The summed E-state index contributed by atoms with van der Waals surface area (Å²) >= 11 is 0. The van der Waals surface area contributed by atoms with E-state index in [4.69, 9.17) is 4.74 Å². The third kappa shape index (κ3) is 8.02. The number of benzene rings is 3. The fourth-order valence-electron chi connectivity index (χ4n) is 5.75. The number of hydrazine groups is 1. The zero-order chi connectivity index (χ0) is 30.0. The summed E-state index contributed by atoms with van der Waals surface area (Å²) in [7, 11) is 1.75. The lowest BCUT2D eigenvalue weighted by atomic mass is 10.0. The van der Waals surface area contributed by atoms with E-state index < -0.39 is 6.09 Å². The molecule has 0 unspecified atom stereocenters. The molecule has 0 aromatic heterocycles. The van der Waals surface area contributed by atoms with Gasteiger partial charge >= 0.3 is 6.09 Å². The predicted molar refractivity (Wildman–Crippen MR) is 172 cm³/mol. The molecule has 8 heteroatoms. The number of nitrogens with zero attached hydrogens (tertiary/aromatic N) is 5. The van der Waals surface area contributed by atoms with Crippen molar-refractivity contribution in [2.75, 3.05) is 71.0 Å². The van der Waals surface area contributed by atoms with Gasteiger partial charge < -0.3 is 14.5 Å². The van der Waals surface area contributed by atoms with E-state index in [1.807, 2.05) is 78.9 Å². The highest BCUT2D eigenvalue weighted by Crippen LogP contribution is 2.33. The van der Waals surface area contributed by atoms with Crippen molar-refractivity contribution in [3.8, 4) is 11.1 Å². The molecule has 0 atom stereocenters. The molecule has 2 fully saturated rings. The number of hydrogen-bond donors (Lipinski definition) is 0. The van der Waals surface area contributed by atoms with E-state index in [1.165, 1.54) is 5.56 Å². The Balaban J connectivity index is 1.18. The molecule has 2 saturated heterocycles. The standard InChI is InChI=1S/C35H44N5O3/c1-3-37-22-24-38(25-23-37)28-29-16-18-31(19-17-29)34(41)36(2)26-27-43-35(42)40(39-20-10-5-11-21-39)33-15-9-8-14-32(33)30-12-6-4-7-13-30/h4-9,12-19H,3,10-11,20-28H2,1-2H3. The summed E-state index contributed by atoms with van der Waals surface area (Å²) in [6, 6.07) is 25.9. The Morgan fingerprint density at radius 2 is 1.44 bits per heavy atom. The van der Waals surface area contributed by atoms with Crippen molar-refractivity contribution in [3.63, 3.8) is 0 Å². The third-order valence-corrected chi connectivity index (χ3v) is 8.37. The van der Waals surface area contributed by atoms with Crippen molar-refractivity contribution in [2.45, 2.75) is 26.3 Å². The van der Waals surface area contributed by atoms with Crippen LogP contribution in [0.2, 0.25) is 0 Å². The van der Waals surface area contributed by atoms with Crippen molar-refractivity contribution in [1.82, 2.24) is 19.7 Å². The van der Waals surface area contributed by atoms with Crippen molar-refractivity contribution in [1.29, 1.82) is 0 Å². The first-order chi connectivity index (χ1) is 21.0. The van der Waals surface area contributed by atoms with Crippen LogP contribution in [0.5, 0.6) is 0 Å². The van der Waals surface area contributed by atoms with Gasteiger partial charge in [0, 0.05) is 64.0 Å². The molecule has 0 N–H and O–H groups in total. The first-order valence-corrected chi connectivity index (χ1v) is 15.5. The molecule has 2 amide bonds. The number of ether oxygens (including phenoxy) is 1. The van der Waals surface area contributed by atoms with E-state index in [-0.39, 0.29) is 12.5 Å². The molecule has 0 saturated carbocycles. The van der Waals surface area contributed by atoms with E-state index in [9.17, 15) is 9.59 Å². The van der Waals surface area contributed by atoms with Gasteiger partial charge in [-0.15, -0.1) is 0 Å². The number of carbonyl (C=O) groups excluding carboxylic acids is 2. The quantitative estimate of drug-likeness (QED) is 0.318. The van der Waals surface area contributed by atoms with E-state index in [2.05, 4.69) is 28.2 Å². The SMILES string of the molecule is CCN1CCN(Cc2ccc(C(=O)N(C)CCOC(=O)N(c3ccccc3-c3ccccc3)N3CC[CH]CC3)cc2)CC1. The molecular formula is C35H44N5O3. The molecule has 1 radical (unpaired) electrons. The first kappa shape index (κ1) is 30.7. The zero-order valence-electron chi connectivity index (χ0n) is 25.5. The van der Waals surface area contributed by atoms with Crippen LogP contribution in [0.1, 0.15) is 35.7 Å². The van der Waals surface area contributed by atoms with Gasteiger partial charge in [-0.25, -0.2) is 14.8 Å². The monoisotopic (exact) mass is 582 g/mol. The second-order valence-corrected chi connectivity index (χ2v) is 11.3. The molecule has 3 aromatic rings. The van der Waals surface area contributed by atoms with E-state index in [1.54, 1.807) is 17.0 Å². The molecule has 3 aromatic carbocycles. The summed E-state index contributed by atoms with van der Waals surface area (Å²) in [6.07, 6.45) is 3.63. The molecule has 5 rings (SSSR count). The number of piperidine rings is 1. The van der Waals surface area contributed by atoms with Gasteiger partial charge in [-0.1, -0.05) is 67.6 Å². The fourth-order valence-corrected chi connectivity index (χ4v) is 5.75. The smallest absolute Gasteiger partial charge is 0.429 e. The van der Waals surface area contributed by atoms with E-state index in [0.717, 1.165) is 82.0 Å². The van der Waals surface area contributed by atoms with Crippen molar-refractivity contribution < 1.29 is 14.3 Å². The molecule has 2 heterocycles. The van der Waals surface area contributed by atoms with Crippen molar-refractivity contribution >= 4 is 17.7 Å². The van der Waals surface area contributed by atoms with Crippen LogP contribution in [0.15, 0.2) is 78.9 Å². The van der Waals surface area contributed by atoms with Gasteiger partial charge in [0.2, 0.25) is 0 Å². The lowest BCUT2D eigenvalue weighted by Crippen LogP contribution is -2.50.